The van der Waals surface area contributed by atoms with Crippen LogP contribution in [0.5, 0.6) is 11.5 Å². The first-order chi connectivity index (χ1) is 13.8. The number of nitrogen functional groups attached to an aromatic ring is 1. The van der Waals surface area contributed by atoms with E-state index in [2.05, 4.69) is 4.98 Å². The summed E-state index contributed by atoms with van der Waals surface area (Å²) in [5, 5.41) is 0. The molecule has 1 atom stereocenters. The van der Waals surface area contributed by atoms with Crippen LogP contribution in [0.1, 0.15) is 40.0 Å². The Labute approximate surface area is 171 Å². The summed E-state index contributed by atoms with van der Waals surface area (Å²) in [6, 6.07) is 11.0. The molecule has 2 N–H and O–H groups in total. The van der Waals surface area contributed by atoms with Gasteiger partial charge >= 0.3 is 6.09 Å². The van der Waals surface area contributed by atoms with E-state index in [1.165, 1.54) is 0 Å². The Morgan fingerprint density at radius 3 is 2.69 bits per heavy atom. The van der Waals surface area contributed by atoms with Crippen LogP contribution in [0.2, 0.25) is 0 Å². The SMILES string of the molecule is COc1cc(OC2CCCCN2C(=O)OC(C)(C)C)ccc1-c1cccc(N)n1. The fourth-order valence-electron chi connectivity index (χ4n) is 3.27. The number of aromatic nitrogens is 1. The number of amides is 1. The molecular weight excluding hydrogens is 370 g/mol. The van der Waals surface area contributed by atoms with Gasteiger partial charge in [0.15, 0.2) is 6.23 Å². The summed E-state index contributed by atoms with van der Waals surface area (Å²) in [5.41, 5.74) is 6.80. The van der Waals surface area contributed by atoms with E-state index in [0.717, 1.165) is 30.5 Å². The number of pyridine rings is 1. The fraction of sp³-hybridized carbons (Fsp3) is 0.455. The topological polar surface area (TPSA) is 86.9 Å². The van der Waals surface area contributed by atoms with Crippen molar-refractivity contribution in [2.45, 2.75) is 51.9 Å². The molecule has 0 spiro atoms. The largest absolute Gasteiger partial charge is 0.496 e. The number of anilines is 1. The number of carbonyl (C=O) groups is 1. The number of methoxy groups -OCH3 is 1. The van der Waals surface area contributed by atoms with Gasteiger partial charge in [0.05, 0.1) is 12.8 Å². The summed E-state index contributed by atoms with van der Waals surface area (Å²) in [5.74, 6) is 1.69. The maximum Gasteiger partial charge on any atom is 0.413 e. The Kier molecular flexibility index (Phi) is 6.15. The van der Waals surface area contributed by atoms with Gasteiger partial charge in [0.1, 0.15) is 22.9 Å². The lowest BCUT2D eigenvalue weighted by atomic mass is 10.1. The number of piperidine rings is 1. The number of hydrogen-bond donors (Lipinski definition) is 1. The Morgan fingerprint density at radius 1 is 1.21 bits per heavy atom. The minimum Gasteiger partial charge on any atom is -0.496 e. The third-order valence-corrected chi connectivity index (χ3v) is 4.57. The van der Waals surface area contributed by atoms with Crippen molar-refractivity contribution >= 4 is 11.9 Å². The van der Waals surface area contributed by atoms with Gasteiger partial charge in [-0.05, 0) is 57.9 Å². The molecule has 1 saturated heterocycles. The number of carbonyl (C=O) groups excluding carboxylic acids is 1. The molecule has 156 valence electrons. The molecule has 1 unspecified atom stereocenters. The lowest BCUT2D eigenvalue weighted by Gasteiger charge is -2.36. The minimum atomic E-state index is -0.547. The van der Waals surface area contributed by atoms with E-state index in [9.17, 15) is 4.79 Å². The zero-order valence-electron chi connectivity index (χ0n) is 17.5. The van der Waals surface area contributed by atoms with E-state index in [-0.39, 0.29) is 12.3 Å². The van der Waals surface area contributed by atoms with Crippen LogP contribution in [-0.4, -0.2) is 41.5 Å². The van der Waals surface area contributed by atoms with Crippen molar-refractivity contribution in [3.63, 3.8) is 0 Å². The second-order valence-corrected chi connectivity index (χ2v) is 8.05. The number of nitrogens with two attached hydrogens (primary N) is 1. The van der Waals surface area contributed by atoms with Crippen LogP contribution in [0.3, 0.4) is 0 Å². The molecular formula is C22H29N3O4. The number of rotatable bonds is 4. The Bertz CT molecular complexity index is 863. The normalized spacial score (nSPS) is 17.0. The first-order valence-electron chi connectivity index (χ1n) is 9.84. The average molecular weight is 399 g/mol. The van der Waals surface area contributed by atoms with Crippen LogP contribution in [0.4, 0.5) is 10.6 Å². The molecule has 1 aliphatic heterocycles. The lowest BCUT2D eigenvalue weighted by Crippen LogP contribution is -2.48. The zero-order valence-corrected chi connectivity index (χ0v) is 17.5. The van der Waals surface area contributed by atoms with Crippen LogP contribution in [0.25, 0.3) is 11.3 Å². The first kappa shape index (κ1) is 20.8. The average Bonchev–Trinajstić information content (AvgIpc) is 2.67. The van der Waals surface area contributed by atoms with Crippen molar-refractivity contribution in [2.24, 2.45) is 0 Å². The lowest BCUT2D eigenvalue weighted by molar-refractivity contribution is -0.0342. The highest BCUT2D eigenvalue weighted by atomic mass is 16.6. The molecule has 3 rings (SSSR count). The molecule has 7 heteroatoms. The molecule has 0 saturated carbocycles. The standard InChI is InChI=1S/C22H29N3O4/c1-22(2,3)29-21(26)25-13-6-5-10-20(25)28-15-11-12-16(18(14-15)27-4)17-8-7-9-19(23)24-17/h7-9,11-12,14,20H,5-6,10,13H2,1-4H3,(H2,23,24). The van der Waals surface area contributed by atoms with E-state index in [1.807, 2.05) is 51.1 Å². The summed E-state index contributed by atoms with van der Waals surface area (Å²) in [6.07, 6.45) is 1.95. The molecule has 2 heterocycles. The van der Waals surface area contributed by atoms with E-state index in [0.29, 0.717) is 23.9 Å². The smallest absolute Gasteiger partial charge is 0.413 e. The first-order valence-corrected chi connectivity index (χ1v) is 9.84. The highest BCUT2D eigenvalue weighted by Crippen LogP contribution is 2.34. The van der Waals surface area contributed by atoms with Crippen molar-refractivity contribution in [1.82, 2.24) is 9.88 Å². The summed E-state index contributed by atoms with van der Waals surface area (Å²) >= 11 is 0. The number of likely N-dealkylation sites (tertiary alicyclic amines) is 1. The molecule has 1 amide bonds. The van der Waals surface area contributed by atoms with Crippen molar-refractivity contribution in [3.8, 4) is 22.8 Å². The number of nitrogens with zero attached hydrogens (tertiary/aromatic N) is 2. The molecule has 0 aliphatic carbocycles. The van der Waals surface area contributed by atoms with Crippen molar-refractivity contribution in [3.05, 3.63) is 36.4 Å². The maximum atomic E-state index is 12.6. The predicted octanol–water partition coefficient (Wildman–Crippen LogP) is 4.47. The van der Waals surface area contributed by atoms with Gasteiger partial charge in [-0.3, -0.25) is 4.90 Å². The summed E-state index contributed by atoms with van der Waals surface area (Å²) < 4.78 is 17.2. The molecule has 0 radical (unpaired) electrons. The third-order valence-electron chi connectivity index (χ3n) is 4.57. The van der Waals surface area contributed by atoms with E-state index < -0.39 is 5.60 Å². The van der Waals surface area contributed by atoms with Gasteiger partial charge in [0.2, 0.25) is 0 Å². The number of hydrogen-bond acceptors (Lipinski definition) is 6. The third kappa shape index (κ3) is 5.31. The summed E-state index contributed by atoms with van der Waals surface area (Å²) in [6.45, 7) is 6.19. The monoisotopic (exact) mass is 399 g/mol. The second kappa shape index (κ2) is 8.59. The molecule has 29 heavy (non-hydrogen) atoms. The van der Waals surface area contributed by atoms with Gasteiger partial charge in [-0.1, -0.05) is 6.07 Å². The molecule has 2 aromatic rings. The number of ether oxygens (including phenoxy) is 3. The summed E-state index contributed by atoms with van der Waals surface area (Å²) in [7, 11) is 1.60. The Hall–Kier alpha value is -2.96. The molecule has 0 bridgehead atoms. The zero-order chi connectivity index (χ0) is 21.0. The van der Waals surface area contributed by atoms with E-state index in [4.69, 9.17) is 19.9 Å². The van der Waals surface area contributed by atoms with Crippen molar-refractivity contribution in [1.29, 1.82) is 0 Å². The predicted molar refractivity (Wildman–Crippen MR) is 112 cm³/mol. The van der Waals surface area contributed by atoms with Crippen LogP contribution in [-0.2, 0) is 4.74 Å². The quantitative estimate of drug-likeness (QED) is 0.816. The second-order valence-electron chi connectivity index (χ2n) is 8.05. The van der Waals surface area contributed by atoms with Gasteiger partial charge in [0.25, 0.3) is 0 Å². The van der Waals surface area contributed by atoms with Crippen LogP contribution >= 0.6 is 0 Å². The highest BCUT2D eigenvalue weighted by Gasteiger charge is 2.32. The van der Waals surface area contributed by atoms with E-state index >= 15 is 0 Å². The molecule has 1 aliphatic rings. The van der Waals surface area contributed by atoms with Gasteiger partial charge in [-0.25, -0.2) is 9.78 Å². The van der Waals surface area contributed by atoms with E-state index in [1.54, 1.807) is 18.1 Å². The van der Waals surface area contributed by atoms with Crippen LogP contribution in [0.15, 0.2) is 36.4 Å². The number of benzene rings is 1. The highest BCUT2D eigenvalue weighted by molar-refractivity contribution is 5.70. The van der Waals surface area contributed by atoms with Crippen molar-refractivity contribution in [2.75, 3.05) is 19.4 Å². The van der Waals surface area contributed by atoms with Crippen LogP contribution in [0, 0.1) is 0 Å². The molecule has 1 aromatic heterocycles. The molecule has 7 nitrogen and oxygen atoms in total. The fourth-order valence-corrected chi connectivity index (χ4v) is 3.27. The minimum absolute atomic E-state index is 0.352. The van der Waals surface area contributed by atoms with Gasteiger partial charge < -0.3 is 19.9 Å². The Morgan fingerprint density at radius 2 is 2.00 bits per heavy atom. The summed E-state index contributed by atoms with van der Waals surface area (Å²) in [4.78, 5) is 18.6. The van der Waals surface area contributed by atoms with Gasteiger partial charge in [-0.2, -0.15) is 0 Å². The van der Waals surface area contributed by atoms with Crippen LogP contribution < -0.4 is 15.2 Å². The van der Waals surface area contributed by atoms with Gasteiger partial charge in [-0.15, -0.1) is 0 Å². The molecule has 1 aromatic carbocycles. The maximum absolute atomic E-state index is 12.6. The molecule has 1 fully saturated rings. The van der Waals surface area contributed by atoms with Crippen molar-refractivity contribution < 1.29 is 19.0 Å². The Balaban J connectivity index is 1.80. The van der Waals surface area contributed by atoms with Gasteiger partial charge in [0, 0.05) is 24.6 Å².